The van der Waals surface area contributed by atoms with E-state index in [2.05, 4.69) is 46.4 Å². The third kappa shape index (κ3) is 4.56. The van der Waals surface area contributed by atoms with E-state index in [1.54, 1.807) is 23.9 Å². The average Bonchev–Trinajstić information content (AvgIpc) is 3.63. The van der Waals surface area contributed by atoms with Crippen LogP contribution in [0, 0.1) is 37.4 Å². The molecule has 1 N–H and O–H groups in total. The Labute approximate surface area is 217 Å². The molecule has 3 heterocycles. The monoisotopic (exact) mass is 499 g/mol. The highest BCUT2D eigenvalue weighted by molar-refractivity contribution is 5.82. The summed E-state index contributed by atoms with van der Waals surface area (Å²) in [7, 11) is 3.70. The average molecular weight is 500 g/mol. The summed E-state index contributed by atoms with van der Waals surface area (Å²) in [6, 6.07) is 11.0. The van der Waals surface area contributed by atoms with E-state index in [1.165, 1.54) is 28.8 Å². The Morgan fingerprint density at radius 3 is 2.54 bits per heavy atom. The predicted octanol–water partition coefficient (Wildman–Crippen LogP) is 4.86. The highest BCUT2D eigenvalue weighted by atomic mass is 19.1. The Morgan fingerprint density at radius 1 is 1.14 bits per heavy atom. The number of aromatic nitrogens is 4. The lowest BCUT2D eigenvalue weighted by Gasteiger charge is -2.32. The van der Waals surface area contributed by atoms with E-state index in [0.717, 1.165) is 42.5 Å². The van der Waals surface area contributed by atoms with Crippen molar-refractivity contribution < 1.29 is 9.13 Å². The van der Waals surface area contributed by atoms with Crippen LogP contribution in [-0.4, -0.2) is 45.4 Å². The molecule has 0 radical (unpaired) electrons. The van der Waals surface area contributed by atoms with Crippen molar-refractivity contribution in [1.82, 2.24) is 24.9 Å². The minimum Gasteiger partial charge on any atom is -0.366 e. The third-order valence-corrected chi connectivity index (χ3v) is 7.89. The van der Waals surface area contributed by atoms with Crippen LogP contribution in [0.1, 0.15) is 36.5 Å². The fraction of sp³-hybridized carbons (Fsp3) is 0.400. The number of ether oxygens (including phenoxy) is 1. The van der Waals surface area contributed by atoms with Gasteiger partial charge in [-0.05, 0) is 99.2 Å². The Hall–Kier alpha value is -3.47. The molecule has 192 valence electrons. The van der Waals surface area contributed by atoms with E-state index in [0.29, 0.717) is 5.92 Å². The van der Waals surface area contributed by atoms with Gasteiger partial charge < -0.3 is 10.1 Å². The van der Waals surface area contributed by atoms with Crippen molar-refractivity contribution in [3.8, 4) is 17.5 Å². The second kappa shape index (κ2) is 9.77. The molecule has 2 aromatic carbocycles. The molecular formula is C30H34FN5O. The third-order valence-electron chi connectivity index (χ3n) is 7.89. The van der Waals surface area contributed by atoms with E-state index in [1.807, 2.05) is 44.2 Å². The molecule has 0 amide bonds. The maximum atomic E-state index is 13.3. The minimum absolute atomic E-state index is 0.0100. The van der Waals surface area contributed by atoms with Crippen LogP contribution in [-0.2, 0) is 17.2 Å². The summed E-state index contributed by atoms with van der Waals surface area (Å²) in [5, 5.41) is 13.2. The van der Waals surface area contributed by atoms with E-state index in [4.69, 9.17) is 4.74 Å². The van der Waals surface area contributed by atoms with Crippen molar-refractivity contribution in [2.45, 2.75) is 44.6 Å². The fourth-order valence-electron chi connectivity index (χ4n) is 6.25. The van der Waals surface area contributed by atoms with E-state index >= 15 is 0 Å². The number of hydrogen-bond acceptors (Lipinski definition) is 4. The summed E-state index contributed by atoms with van der Waals surface area (Å²) in [5.74, 6) is 6.71. The molecule has 1 saturated carbocycles. The topological polar surface area (TPSA) is 56.9 Å². The number of aryl methyl sites for hydroxylation is 3. The molecule has 7 heteroatoms. The maximum absolute atomic E-state index is 13.3. The van der Waals surface area contributed by atoms with Crippen LogP contribution in [0.3, 0.4) is 0 Å². The van der Waals surface area contributed by atoms with Gasteiger partial charge in [0, 0.05) is 37.7 Å². The van der Waals surface area contributed by atoms with E-state index in [-0.39, 0.29) is 16.8 Å². The summed E-state index contributed by atoms with van der Waals surface area (Å²) < 4.78 is 23.0. The Bertz CT molecular complexity index is 1460. The number of halogens is 1. The zero-order valence-electron chi connectivity index (χ0n) is 22.2. The second-order valence-corrected chi connectivity index (χ2v) is 10.4. The zero-order valence-corrected chi connectivity index (χ0v) is 22.2. The number of methoxy groups -OCH3 is 1. The quantitative estimate of drug-likeness (QED) is 0.409. The maximum Gasteiger partial charge on any atom is 0.129 e. The summed E-state index contributed by atoms with van der Waals surface area (Å²) >= 11 is 0. The molecular weight excluding hydrogens is 465 g/mol. The molecule has 3 atom stereocenters. The number of fused-ring (bicyclic) bond motifs is 2. The molecule has 6 rings (SSSR count). The number of benzene rings is 2. The fourth-order valence-corrected chi connectivity index (χ4v) is 6.25. The molecule has 4 aromatic rings. The smallest absolute Gasteiger partial charge is 0.129 e. The van der Waals surface area contributed by atoms with Crippen LogP contribution in [0.5, 0.6) is 0 Å². The first-order chi connectivity index (χ1) is 17.8. The van der Waals surface area contributed by atoms with Crippen molar-refractivity contribution in [1.29, 1.82) is 0 Å². The van der Waals surface area contributed by atoms with Gasteiger partial charge in [0.2, 0.25) is 0 Å². The van der Waals surface area contributed by atoms with E-state index in [9.17, 15) is 4.39 Å². The van der Waals surface area contributed by atoms with Gasteiger partial charge in [0.05, 0.1) is 23.6 Å². The van der Waals surface area contributed by atoms with E-state index < -0.39 is 0 Å². The predicted molar refractivity (Wildman–Crippen MR) is 144 cm³/mol. The Kier molecular flexibility index (Phi) is 6.65. The second-order valence-electron chi connectivity index (χ2n) is 10.4. The SMILES string of the molecule is CC#CC1(OC)CC2CNCC2(c2cc3cnn(-c4ccc(F)cc4)c3cc2C)C1.Cc1cnn(C)c1. The van der Waals surface area contributed by atoms with Crippen LogP contribution < -0.4 is 5.32 Å². The molecule has 3 unspecified atom stereocenters. The van der Waals surface area contributed by atoms with Gasteiger partial charge in [-0.25, -0.2) is 9.07 Å². The Morgan fingerprint density at radius 2 is 1.92 bits per heavy atom. The Balaban J connectivity index is 0.000000348. The van der Waals surface area contributed by atoms with Crippen LogP contribution >= 0.6 is 0 Å². The molecule has 1 aliphatic carbocycles. The normalized spacial score (nSPS) is 24.3. The lowest BCUT2D eigenvalue weighted by atomic mass is 9.72. The number of nitrogens with one attached hydrogen (secondary N) is 1. The molecule has 2 aromatic heterocycles. The first-order valence-corrected chi connectivity index (χ1v) is 12.7. The molecule has 0 bridgehead atoms. The van der Waals surface area contributed by atoms with Crippen molar-refractivity contribution in [2.24, 2.45) is 13.0 Å². The van der Waals surface area contributed by atoms with Gasteiger partial charge in [-0.3, -0.25) is 4.68 Å². The summed E-state index contributed by atoms with van der Waals surface area (Å²) in [4.78, 5) is 0. The van der Waals surface area contributed by atoms with Crippen LogP contribution in [0.25, 0.3) is 16.6 Å². The lowest BCUT2D eigenvalue weighted by molar-refractivity contribution is 0.0389. The van der Waals surface area contributed by atoms with Crippen molar-refractivity contribution in [3.63, 3.8) is 0 Å². The lowest BCUT2D eigenvalue weighted by Crippen LogP contribution is -2.36. The van der Waals surface area contributed by atoms with Crippen molar-refractivity contribution >= 4 is 10.9 Å². The molecule has 6 nitrogen and oxygen atoms in total. The number of nitrogens with zero attached hydrogens (tertiary/aromatic N) is 4. The first-order valence-electron chi connectivity index (χ1n) is 12.7. The van der Waals surface area contributed by atoms with Gasteiger partial charge in [-0.15, -0.1) is 5.92 Å². The van der Waals surface area contributed by atoms with Gasteiger partial charge in [0.1, 0.15) is 11.4 Å². The molecule has 2 fully saturated rings. The molecule has 0 spiro atoms. The minimum atomic E-state index is -0.374. The first kappa shape index (κ1) is 25.2. The van der Waals surface area contributed by atoms with Crippen LogP contribution in [0.15, 0.2) is 55.0 Å². The van der Waals surface area contributed by atoms with Gasteiger partial charge in [-0.2, -0.15) is 10.2 Å². The standard InChI is InChI=1S/C25H26FN3O.C5H8N2/c1-4-9-24(30-3)12-19-14-27-16-25(19,15-24)22-11-18-13-28-29(23(18)10-17(22)2)21-7-5-20(26)6-8-21;1-5-3-6-7(2)4-5/h5-8,10-11,13,19,27H,12,14-16H2,1-3H3;3-4H,1-2H3. The number of rotatable bonds is 3. The van der Waals surface area contributed by atoms with Gasteiger partial charge in [-0.1, -0.05) is 5.92 Å². The zero-order chi connectivity index (χ0) is 26.2. The van der Waals surface area contributed by atoms with Crippen molar-refractivity contribution in [3.05, 3.63) is 77.5 Å². The largest absolute Gasteiger partial charge is 0.366 e. The van der Waals surface area contributed by atoms with Crippen molar-refractivity contribution in [2.75, 3.05) is 20.2 Å². The number of hydrogen-bond donors (Lipinski definition) is 1. The highest BCUT2D eigenvalue weighted by Crippen LogP contribution is 2.54. The van der Waals surface area contributed by atoms with Gasteiger partial charge in [0.25, 0.3) is 0 Å². The summed E-state index contributed by atoms with van der Waals surface area (Å²) in [5.41, 5.74) is 5.34. The highest BCUT2D eigenvalue weighted by Gasteiger charge is 2.57. The molecule has 1 aliphatic heterocycles. The van der Waals surface area contributed by atoms with Crippen LogP contribution in [0.4, 0.5) is 4.39 Å². The molecule has 37 heavy (non-hydrogen) atoms. The van der Waals surface area contributed by atoms with Gasteiger partial charge >= 0.3 is 0 Å². The summed E-state index contributed by atoms with van der Waals surface area (Å²) in [6.07, 6.45) is 7.55. The molecule has 1 saturated heterocycles. The molecule has 2 aliphatic rings. The van der Waals surface area contributed by atoms with Crippen LogP contribution in [0.2, 0.25) is 0 Å². The van der Waals surface area contributed by atoms with Gasteiger partial charge in [0.15, 0.2) is 0 Å². The summed E-state index contributed by atoms with van der Waals surface area (Å²) in [6.45, 7) is 8.02.